The topological polar surface area (TPSA) is 76.0 Å². The van der Waals surface area contributed by atoms with Crippen LogP contribution in [0.1, 0.15) is 44.9 Å². The fraction of sp³-hybridized carbons (Fsp3) is 0.318. The summed E-state index contributed by atoms with van der Waals surface area (Å²) in [6.07, 6.45) is -3.70. The highest BCUT2D eigenvalue weighted by molar-refractivity contribution is 5.93. The Labute approximate surface area is 177 Å². The van der Waals surface area contributed by atoms with Gasteiger partial charge < -0.3 is 10.6 Å². The van der Waals surface area contributed by atoms with Crippen LogP contribution in [0.25, 0.3) is 11.0 Å². The molecular formula is C22H23F3N4O2. The minimum absolute atomic E-state index is 0.0259. The second-order valence-corrected chi connectivity index (χ2v) is 8.27. The molecule has 2 amide bonds. The van der Waals surface area contributed by atoms with Crippen molar-refractivity contribution in [1.82, 2.24) is 14.9 Å². The zero-order chi connectivity index (χ0) is 23.0. The third-order valence-corrected chi connectivity index (χ3v) is 4.64. The Balaban J connectivity index is 2.18. The Kier molecular flexibility index (Phi) is 5.80. The number of fused-ring (bicyclic) bond motifs is 1. The fourth-order valence-electron chi connectivity index (χ4n) is 3.29. The van der Waals surface area contributed by atoms with Gasteiger partial charge >= 0.3 is 12.2 Å². The lowest BCUT2D eigenvalue weighted by Crippen LogP contribution is -2.43. The predicted molar refractivity (Wildman–Crippen MR) is 113 cm³/mol. The fourth-order valence-corrected chi connectivity index (χ4v) is 3.29. The lowest BCUT2D eigenvalue weighted by Gasteiger charge is -2.23. The van der Waals surface area contributed by atoms with Gasteiger partial charge in [0.15, 0.2) is 0 Å². The van der Waals surface area contributed by atoms with Crippen LogP contribution in [-0.4, -0.2) is 21.1 Å². The quantitative estimate of drug-likeness (QED) is 0.615. The number of carbonyl (C=O) groups excluding carboxylic acids is 1. The summed E-state index contributed by atoms with van der Waals surface area (Å²) in [5.74, 6) is 0. The molecule has 1 heterocycles. The predicted octanol–water partition coefficient (Wildman–Crippen LogP) is 4.94. The molecule has 3 rings (SSSR count). The van der Waals surface area contributed by atoms with Gasteiger partial charge in [-0.15, -0.1) is 0 Å². The molecule has 1 aromatic heterocycles. The Morgan fingerprint density at radius 1 is 1.10 bits per heavy atom. The van der Waals surface area contributed by atoms with Crippen LogP contribution in [0.15, 0.2) is 53.5 Å². The summed E-state index contributed by atoms with van der Waals surface area (Å²) in [4.78, 5) is 28.8. The van der Waals surface area contributed by atoms with Crippen molar-refractivity contribution < 1.29 is 18.0 Å². The molecule has 0 fully saturated rings. The normalized spacial score (nSPS) is 13.1. The van der Waals surface area contributed by atoms with Crippen molar-refractivity contribution in [2.45, 2.75) is 45.5 Å². The van der Waals surface area contributed by atoms with Crippen molar-refractivity contribution in [3.63, 3.8) is 0 Å². The van der Waals surface area contributed by atoms with Gasteiger partial charge in [-0.1, -0.05) is 30.3 Å². The van der Waals surface area contributed by atoms with E-state index in [2.05, 4.69) is 15.6 Å². The van der Waals surface area contributed by atoms with Crippen LogP contribution >= 0.6 is 0 Å². The van der Waals surface area contributed by atoms with Gasteiger partial charge in [-0.3, -0.25) is 9.36 Å². The molecule has 0 aliphatic heterocycles. The van der Waals surface area contributed by atoms with E-state index in [1.165, 1.54) is 4.57 Å². The summed E-state index contributed by atoms with van der Waals surface area (Å²) in [5, 5.41) is 4.82. The van der Waals surface area contributed by atoms with Crippen molar-refractivity contribution in [2.75, 3.05) is 5.32 Å². The number of rotatable bonds is 3. The van der Waals surface area contributed by atoms with E-state index < -0.39 is 40.6 Å². The van der Waals surface area contributed by atoms with Gasteiger partial charge in [0.1, 0.15) is 0 Å². The highest BCUT2D eigenvalue weighted by atomic mass is 19.4. The van der Waals surface area contributed by atoms with Gasteiger partial charge in [0, 0.05) is 5.54 Å². The molecule has 164 valence electrons. The number of nitrogens with zero attached hydrogens (tertiary/aromatic N) is 2. The number of carbonyl (C=O) groups is 1. The summed E-state index contributed by atoms with van der Waals surface area (Å²) in [6.45, 7) is 6.86. The first-order valence-corrected chi connectivity index (χ1v) is 9.63. The maximum Gasteiger partial charge on any atom is 0.418 e. The Morgan fingerprint density at radius 2 is 1.74 bits per heavy atom. The maximum absolute atomic E-state index is 13.8. The lowest BCUT2D eigenvalue weighted by atomic mass is 10.1. The number of anilines is 1. The summed E-state index contributed by atoms with van der Waals surface area (Å²) < 4.78 is 42.8. The summed E-state index contributed by atoms with van der Waals surface area (Å²) in [7, 11) is 0. The molecular weight excluding hydrogens is 409 g/mol. The molecule has 31 heavy (non-hydrogen) atoms. The molecule has 2 N–H and O–H groups in total. The molecule has 0 radical (unpaired) electrons. The molecule has 0 spiro atoms. The number of hydrogen-bond acceptors (Lipinski definition) is 3. The molecule has 0 aliphatic rings. The standard InChI is InChI=1S/C22H23F3N4O2/c1-13(14-8-6-5-7-9-14)29-18-10-15(22(23,24)25)16(11-17(18)26-12-19(29)30)27-20(31)28-21(2,3)4/h5-13H,1-4H3,(H2,27,28,31)/t13-/m0/s1. The number of alkyl halides is 3. The van der Waals surface area contributed by atoms with Crippen LogP contribution in [0.4, 0.5) is 23.7 Å². The van der Waals surface area contributed by atoms with Gasteiger partial charge in [0.2, 0.25) is 0 Å². The number of halogens is 3. The number of nitrogens with one attached hydrogen (secondary N) is 2. The van der Waals surface area contributed by atoms with Gasteiger partial charge in [0.25, 0.3) is 5.56 Å². The van der Waals surface area contributed by atoms with Gasteiger partial charge in [-0.05, 0) is 45.4 Å². The van der Waals surface area contributed by atoms with Crippen LogP contribution in [-0.2, 0) is 6.18 Å². The molecule has 0 aliphatic carbocycles. The van der Waals surface area contributed by atoms with E-state index in [1.807, 2.05) is 6.07 Å². The molecule has 6 nitrogen and oxygen atoms in total. The van der Waals surface area contributed by atoms with E-state index in [0.717, 1.165) is 23.9 Å². The average Bonchev–Trinajstić information content (AvgIpc) is 2.65. The third-order valence-electron chi connectivity index (χ3n) is 4.64. The van der Waals surface area contributed by atoms with Crippen molar-refractivity contribution >= 4 is 22.8 Å². The molecule has 0 bridgehead atoms. The lowest BCUT2D eigenvalue weighted by molar-refractivity contribution is -0.136. The molecule has 0 unspecified atom stereocenters. The van der Waals surface area contributed by atoms with E-state index in [-0.39, 0.29) is 11.0 Å². The maximum atomic E-state index is 13.8. The SMILES string of the molecule is C[C@@H](c1ccccc1)n1c(=O)cnc2cc(NC(=O)NC(C)(C)C)c(C(F)(F)F)cc21. The average molecular weight is 432 g/mol. The Hall–Kier alpha value is -3.36. The molecule has 0 saturated heterocycles. The highest BCUT2D eigenvalue weighted by Crippen LogP contribution is 2.37. The van der Waals surface area contributed by atoms with Crippen LogP contribution in [0, 0.1) is 0 Å². The minimum atomic E-state index is -4.76. The minimum Gasteiger partial charge on any atom is -0.333 e. The number of urea groups is 1. The third kappa shape index (κ3) is 5.04. The van der Waals surface area contributed by atoms with E-state index in [0.29, 0.717) is 0 Å². The van der Waals surface area contributed by atoms with Crippen LogP contribution in [0.5, 0.6) is 0 Å². The molecule has 2 aromatic carbocycles. The van der Waals surface area contributed by atoms with Crippen LogP contribution < -0.4 is 16.2 Å². The number of aromatic nitrogens is 2. The van der Waals surface area contributed by atoms with E-state index >= 15 is 0 Å². The number of hydrogen-bond donors (Lipinski definition) is 2. The number of benzene rings is 2. The second-order valence-electron chi connectivity index (χ2n) is 8.27. The van der Waals surface area contributed by atoms with E-state index in [9.17, 15) is 22.8 Å². The molecule has 9 heteroatoms. The molecule has 3 aromatic rings. The Bertz CT molecular complexity index is 1170. The highest BCUT2D eigenvalue weighted by Gasteiger charge is 2.35. The molecule has 1 atom stereocenters. The summed E-state index contributed by atoms with van der Waals surface area (Å²) in [6, 6.07) is 9.66. The van der Waals surface area contributed by atoms with Gasteiger partial charge in [0.05, 0.1) is 34.5 Å². The van der Waals surface area contributed by atoms with Crippen molar-refractivity contribution in [1.29, 1.82) is 0 Å². The van der Waals surface area contributed by atoms with Gasteiger partial charge in [-0.2, -0.15) is 13.2 Å². The monoisotopic (exact) mass is 432 g/mol. The Morgan fingerprint density at radius 3 is 2.32 bits per heavy atom. The van der Waals surface area contributed by atoms with Crippen LogP contribution in [0.3, 0.4) is 0 Å². The zero-order valence-electron chi connectivity index (χ0n) is 17.5. The second kappa shape index (κ2) is 8.05. The number of amides is 2. The van der Waals surface area contributed by atoms with Crippen molar-refractivity contribution in [2.24, 2.45) is 0 Å². The largest absolute Gasteiger partial charge is 0.418 e. The van der Waals surface area contributed by atoms with Crippen LogP contribution in [0.2, 0.25) is 0 Å². The zero-order valence-corrected chi connectivity index (χ0v) is 17.5. The first kappa shape index (κ1) is 22.3. The molecule has 0 saturated carbocycles. The van der Waals surface area contributed by atoms with Crippen molar-refractivity contribution in [3.05, 3.63) is 70.1 Å². The smallest absolute Gasteiger partial charge is 0.333 e. The first-order valence-electron chi connectivity index (χ1n) is 9.63. The summed E-state index contributed by atoms with van der Waals surface area (Å²) >= 11 is 0. The van der Waals surface area contributed by atoms with E-state index in [4.69, 9.17) is 0 Å². The summed E-state index contributed by atoms with van der Waals surface area (Å²) in [5.41, 5.74) is -1.72. The van der Waals surface area contributed by atoms with Crippen molar-refractivity contribution in [3.8, 4) is 0 Å². The van der Waals surface area contributed by atoms with E-state index in [1.54, 1.807) is 52.0 Å². The van der Waals surface area contributed by atoms with Gasteiger partial charge in [-0.25, -0.2) is 9.78 Å². The first-order chi connectivity index (χ1) is 14.4.